The van der Waals surface area contributed by atoms with Crippen molar-refractivity contribution >= 4 is 0 Å². The van der Waals surface area contributed by atoms with Gasteiger partial charge in [0.1, 0.15) is 0 Å². The second kappa shape index (κ2) is 6.22. The van der Waals surface area contributed by atoms with Crippen LogP contribution in [0, 0.1) is 11.3 Å². The lowest BCUT2D eigenvalue weighted by atomic mass is 9.73. The topological polar surface area (TPSA) is 12.0 Å². The van der Waals surface area contributed by atoms with Gasteiger partial charge in [0.25, 0.3) is 0 Å². The van der Waals surface area contributed by atoms with Crippen LogP contribution >= 0.6 is 0 Å². The summed E-state index contributed by atoms with van der Waals surface area (Å²) in [4.78, 5) is 0. The molecule has 2 rings (SSSR count). The normalized spacial score (nSPS) is 31.1. The van der Waals surface area contributed by atoms with Crippen LogP contribution < -0.4 is 5.32 Å². The van der Waals surface area contributed by atoms with Gasteiger partial charge in [-0.25, -0.2) is 0 Å². The zero-order valence-corrected chi connectivity index (χ0v) is 11.9. The first-order valence-corrected chi connectivity index (χ1v) is 7.92. The average molecular weight is 237 g/mol. The Balaban J connectivity index is 1.76. The van der Waals surface area contributed by atoms with Gasteiger partial charge in [-0.2, -0.15) is 0 Å². The highest BCUT2D eigenvalue weighted by atomic mass is 14.9. The third kappa shape index (κ3) is 3.98. The molecule has 2 saturated carbocycles. The lowest BCUT2D eigenvalue weighted by Crippen LogP contribution is -2.45. The van der Waals surface area contributed by atoms with Crippen LogP contribution in [0.25, 0.3) is 0 Å². The number of nitrogens with one attached hydrogen (secondary N) is 1. The minimum absolute atomic E-state index is 0.531. The van der Waals surface area contributed by atoms with Gasteiger partial charge in [0.15, 0.2) is 0 Å². The Hall–Kier alpha value is -0.0400. The van der Waals surface area contributed by atoms with E-state index in [0.717, 1.165) is 12.0 Å². The Bertz CT molecular complexity index is 214. The first-order chi connectivity index (χ1) is 8.18. The summed E-state index contributed by atoms with van der Waals surface area (Å²) < 4.78 is 0. The van der Waals surface area contributed by atoms with Gasteiger partial charge in [0.2, 0.25) is 0 Å². The first-order valence-electron chi connectivity index (χ1n) is 7.92. The zero-order chi connectivity index (χ0) is 12.1. The van der Waals surface area contributed by atoms with Gasteiger partial charge < -0.3 is 5.32 Å². The number of hydrogen-bond donors (Lipinski definition) is 1. The molecule has 0 aromatic carbocycles. The largest absolute Gasteiger partial charge is 0.313 e. The molecule has 2 aliphatic rings. The van der Waals surface area contributed by atoms with Crippen molar-refractivity contribution in [1.29, 1.82) is 0 Å². The molecule has 1 unspecified atom stereocenters. The molecular weight excluding hydrogens is 206 g/mol. The highest BCUT2D eigenvalue weighted by molar-refractivity contribution is 4.88. The number of rotatable bonds is 3. The Morgan fingerprint density at radius 2 is 1.53 bits per heavy atom. The van der Waals surface area contributed by atoms with Crippen molar-refractivity contribution in [2.24, 2.45) is 11.3 Å². The van der Waals surface area contributed by atoms with E-state index in [0.29, 0.717) is 5.41 Å². The standard InChI is InChI=1S/C16H31N/c1-16(2)12-8-7-11-15(16)17-13-14-9-5-3-4-6-10-14/h14-15,17H,3-13H2,1-2H3. The van der Waals surface area contributed by atoms with Crippen LogP contribution in [0.2, 0.25) is 0 Å². The molecule has 0 heterocycles. The molecule has 0 aliphatic heterocycles. The predicted molar refractivity (Wildman–Crippen MR) is 75.2 cm³/mol. The molecule has 17 heavy (non-hydrogen) atoms. The third-order valence-electron chi connectivity index (χ3n) is 5.13. The van der Waals surface area contributed by atoms with Crippen molar-refractivity contribution < 1.29 is 0 Å². The average Bonchev–Trinajstić information content (AvgIpc) is 2.55. The summed E-state index contributed by atoms with van der Waals surface area (Å²) in [6, 6.07) is 0.777. The summed E-state index contributed by atoms with van der Waals surface area (Å²) in [5.41, 5.74) is 0.531. The second-order valence-electron chi connectivity index (χ2n) is 7.05. The van der Waals surface area contributed by atoms with Gasteiger partial charge in [0, 0.05) is 6.04 Å². The fourth-order valence-electron chi connectivity index (χ4n) is 3.75. The van der Waals surface area contributed by atoms with Crippen molar-refractivity contribution in [3.63, 3.8) is 0 Å². The molecular formula is C16H31N. The molecule has 0 aromatic heterocycles. The van der Waals surface area contributed by atoms with Crippen LogP contribution in [0.1, 0.15) is 78.1 Å². The summed E-state index contributed by atoms with van der Waals surface area (Å²) in [7, 11) is 0. The molecule has 1 N–H and O–H groups in total. The van der Waals surface area contributed by atoms with Gasteiger partial charge in [0.05, 0.1) is 0 Å². The molecule has 0 amide bonds. The number of hydrogen-bond acceptors (Lipinski definition) is 1. The quantitative estimate of drug-likeness (QED) is 0.712. The minimum Gasteiger partial charge on any atom is -0.313 e. The zero-order valence-electron chi connectivity index (χ0n) is 11.9. The molecule has 0 radical (unpaired) electrons. The van der Waals surface area contributed by atoms with E-state index in [-0.39, 0.29) is 0 Å². The fraction of sp³-hybridized carbons (Fsp3) is 1.00. The maximum Gasteiger partial charge on any atom is 0.0118 e. The maximum atomic E-state index is 3.91. The molecule has 100 valence electrons. The van der Waals surface area contributed by atoms with Crippen LogP contribution in [0.15, 0.2) is 0 Å². The van der Waals surface area contributed by atoms with E-state index in [4.69, 9.17) is 0 Å². The monoisotopic (exact) mass is 237 g/mol. The summed E-state index contributed by atoms with van der Waals surface area (Å²) in [6.07, 6.45) is 14.5. The van der Waals surface area contributed by atoms with Crippen molar-refractivity contribution in [3.05, 3.63) is 0 Å². The molecule has 2 aliphatic carbocycles. The molecule has 0 spiro atoms. The maximum absolute atomic E-state index is 3.91. The van der Waals surface area contributed by atoms with Crippen molar-refractivity contribution in [1.82, 2.24) is 5.32 Å². The van der Waals surface area contributed by atoms with Crippen LogP contribution in [-0.2, 0) is 0 Å². The van der Waals surface area contributed by atoms with E-state index in [1.54, 1.807) is 0 Å². The lowest BCUT2D eigenvalue weighted by molar-refractivity contribution is 0.161. The minimum atomic E-state index is 0.531. The van der Waals surface area contributed by atoms with Crippen molar-refractivity contribution in [2.75, 3.05) is 6.54 Å². The summed E-state index contributed by atoms with van der Waals surface area (Å²) >= 11 is 0. The van der Waals surface area contributed by atoms with Gasteiger partial charge in [-0.1, -0.05) is 52.4 Å². The van der Waals surface area contributed by atoms with E-state index < -0.39 is 0 Å². The fourth-order valence-corrected chi connectivity index (χ4v) is 3.75. The summed E-state index contributed by atoms with van der Waals surface area (Å²) in [5.74, 6) is 0.968. The van der Waals surface area contributed by atoms with Crippen LogP contribution in [-0.4, -0.2) is 12.6 Å². The molecule has 2 fully saturated rings. The van der Waals surface area contributed by atoms with Crippen molar-refractivity contribution in [2.45, 2.75) is 84.1 Å². The third-order valence-corrected chi connectivity index (χ3v) is 5.13. The second-order valence-corrected chi connectivity index (χ2v) is 7.05. The van der Waals surface area contributed by atoms with Crippen molar-refractivity contribution in [3.8, 4) is 0 Å². The Kier molecular flexibility index (Phi) is 4.90. The van der Waals surface area contributed by atoms with Crippen LogP contribution in [0.3, 0.4) is 0 Å². The SMILES string of the molecule is CC1(C)CCCCC1NCC1CCCCCC1. The van der Waals surface area contributed by atoms with Crippen LogP contribution in [0.4, 0.5) is 0 Å². The molecule has 1 nitrogen and oxygen atoms in total. The van der Waals surface area contributed by atoms with Gasteiger partial charge in [-0.3, -0.25) is 0 Å². The van der Waals surface area contributed by atoms with E-state index in [9.17, 15) is 0 Å². The van der Waals surface area contributed by atoms with E-state index in [1.165, 1.54) is 70.8 Å². The highest BCUT2D eigenvalue weighted by Crippen LogP contribution is 2.35. The Labute approximate surface area is 108 Å². The summed E-state index contributed by atoms with van der Waals surface area (Å²) in [5, 5.41) is 3.91. The molecule has 1 atom stereocenters. The van der Waals surface area contributed by atoms with Gasteiger partial charge in [-0.15, -0.1) is 0 Å². The Morgan fingerprint density at radius 3 is 2.18 bits per heavy atom. The highest BCUT2D eigenvalue weighted by Gasteiger charge is 2.31. The first kappa shape index (κ1) is 13.4. The van der Waals surface area contributed by atoms with E-state index in [2.05, 4.69) is 19.2 Å². The summed E-state index contributed by atoms with van der Waals surface area (Å²) in [6.45, 7) is 6.20. The Morgan fingerprint density at radius 1 is 0.882 bits per heavy atom. The van der Waals surface area contributed by atoms with Gasteiger partial charge in [-0.05, 0) is 43.6 Å². The molecule has 0 bridgehead atoms. The smallest absolute Gasteiger partial charge is 0.0118 e. The van der Waals surface area contributed by atoms with Crippen LogP contribution in [0.5, 0.6) is 0 Å². The van der Waals surface area contributed by atoms with E-state index in [1.807, 2.05) is 0 Å². The van der Waals surface area contributed by atoms with E-state index >= 15 is 0 Å². The molecule has 0 saturated heterocycles. The predicted octanol–water partition coefficient (Wildman–Crippen LogP) is 4.52. The lowest BCUT2D eigenvalue weighted by Gasteiger charge is -2.40. The van der Waals surface area contributed by atoms with Gasteiger partial charge >= 0.3 is 0 Å². The molecule has 1 heteroatoms. The molecule has 0 aromatic rings.